The van der Waals surface area contributed by atoms with E-state index in [4.69, 9.17) is 0 Å². The van der Waals surface area contributed by atoms with Gasteiger partial charge in [-0.05, 0) is 46.2 Å². The summed E-state index contributed by atoms with van der Waals surface area (Å²) in [6.45, 7) is 8.44. The number of piperidine rings is 1. The topological polar surface area (TPSA) is 52.7 Å². The maximum atomic E-state index is 12.6. The van der Waals surface area contributed by atoms with Crippen molar-refractivity contribution in [2.45, 2.75) is 58.5 Å². The van der Waals surface area contributed by atoms with E-state index in [2.05, 4.69) is 12.2 Å². The first-order valence-electron chi connectivity index (χ1n) is 7.36. The molecule has 0 aromatic rings. The first-order valence-corrected chi connectivity index (χ1v) is 8.76. The summed E-state index contributed by atoms with van der Waals surface area (Å²) in [4.78, 5) is 0. The highest BCUT2D eigenvalue weighted by molar-refractivity contribution is 7.86. The molecule has 0 aliphatic carbocycles. The highest BCUT2D eigenvalue weighted by Crippen LogP contribution is 2.26. The van der Waals surface area contributed by atoms with Crippen LogP contribution in [0, 0.1) is 0 Å². The minimum Gasteiger partial charge on any atom is -0.317 e. The van der Waals surface area contributed by atoms with E-state index in [1.54, 1.807) is 11.4 Å². The van der Waals surface area contributed by atoms with Gasteiger partial charge in [-0.3, -0.25) is 0 Å². The zero-order valence-corrected chi connectivity index (χ0v) is 13.5. The van der Waals surface area contributed by atoms with Crippen LogP contribution in [0.1, 0.15) is 46.5 Å². The van der Waals surface area contributed by atoms with Crippen molar-refractivity contribution in [2.75, 3.05) is 26.7 Å². The van der Waals surface area contributed by atoms with E-state index in [9.17, 15) is 8.42 Å². The van der Waals surface area contributed by atoms with Crippen LogP contribution in [0.5, 0.6) is 0 Å². The zero-order valence-electron chi connectivity index (χ0n) is 12.7. The third kappa shape index (κ3) is 4.41. The first kappa shape index (κ1) is 16.9. The molecule has 1 N–H and O–H groups in total. The van der Waals surface area contributed by atoms with E-state index in [1.807, 2.05) is 13.8 Å². The Morgan fingerprint density at radius 1 is 1.26 bits per heavy atom. The van der Waals surface area contributed by atoms with Crippen LogP contribution < -0.4 is 5.32 Å². The third-order valence-electron chi connectivity index (χ3n) is 3.85. The predicted octanol–water partition coefficient (Wildman–Crippen LogP) is 1.43. The summed E-state index contributed by atoms with van der Waals surface area (Å²) in [6.07, 6.45) is 3.91. The molecule has 114 valence electrons. The van der Waals surface area contributed by atoms with Crippen LogP contribution in [0.15, 0.2) is 0 Å². The van der Waals surface area contributed by atoms with Crippen LogP contribution in [0.2, 0.25) is 0 Å². The lowest BCUT2D eigenvalue weighted by Gasteiger charge is -2.39. The van der Waals surface area contributed by atoms with Gasteiger partial charge in [0, 0.05) is 25.7 Å². The second kappa shape index (κ2) is 7.57. The lowest BCUT2D eigenvalue weighted by atomic mass is 10.0. The van der Waals surface area contributed by atoms with Crippen LogP contribution in [0.25, 0.3) is 0 Å². The van der Waals surface area contributed by atoms with Crippen LogP contribution in [-0.2, 0) is 10.2 Å². The molecule has 6 heteroatoms. The number of rotatable bonds is 7. The van der Waals surface area contributed by atoms with E-state index < -0.39 is 10.2 Å². The van der Waals surface area contributed by atoms with Crippen molar-refractivity contribution in [3.8, 4) is 0 Å². The van der Waals surface area contributed by atoms with E-state index in [1.165, 1.54) is 4.31 Å². The van der Waals surface area contributed by atoms with Gasteiger partial charge < -0.3 is 5.32 Å². The average molecular weight is 291 g/mol. The molecular formula is C13H29N3O2S. The summed E-state index contributed by atoms with van der Waals surface area (Å²) in [7, 11) is -1.62. The number of hydrogen-bond acceptors (Lipinski definition) is 3. The Hall–Kier alpha value is -0.170. The molecule has 1 fully saturated rings. The molecule has 1 aliphatic heterocycles. The van der Waals surface area contributed by atoms with E-state index >= 15 is 0 Å². The largest absolute Gasteiger partial charge is 0.317 e. The smallest absolute Gasteiger partial charge is 0.282 e. The van der Waals surface area contributed by atoms with Crippen molar-refractivity contribution in [3.05, 3.63) is 0 Å². The summed E-state index contributed by atoms with van der Waals surface area (Å²) in [6, 6.07) is 0.231. The molecule has 5 nitrogen and oxygen atoms in total. The summed E-state index contributed by atoms with van der Waals surface area (Å²) < 4.78 is 28.4. The highest BCUT2D eigenvalue weighted by atomic mass is 32.2. The monoisotopic (exact) mass is 291 g/mol. The van der Waals surface area contributed by atoms with Gasteiger partial charge in [-0.1, -0.05) is 13.3 Å². The van der Waals surface area contributed by atoms with Gasteiger partial charge >= 0.3 is 0 Å². The molecule has 2 atom stereocenters. The molecule has 0 spiro atoms. The lowest BCUT2D eigenvalue weighted by Crippen LogP contribution is -2.52. The van der Waals surface area contributed by atoms with Crippen LogP contribution >= 0.6 is 0 Å². The maximum absolute atomic E-state index is 12.6. The van der Waals surface area contributed by atoms with Crippen molar-refractivity contribution < 1.29 is 8.42 Å². The Bertz CT molecular complexity index is 349. The quantitative estimate of drug-likeness (QED) is 0.722. The molecule has 1 saturated heterocycles. The van der Waals surface area contributed by atoms with E-state index in [0.29, 0.717) is 6.54 Å². The van der Waals surface area contributed by atoms with Gasteiger partial charge in [0.2, 0.25) is 0 Å². The average Bonchev–Trinajstić information content (AvgIpc) is 2.33. The van der Waals surface area contributed by atoms with Gasteiger partial charge in [0.1, 0.15) is 0 Å². The van der Waals surface area contributed by atoms with Gasteiger partial charge in [0.25, 0.3) is 10.2 Å². The van der Waals surface area contributed by atoms with Gasteiger partial charge in [-0.25, -0.2) is 0 Å². The molecule has 0 aromatic heterocycles. The Morgan fingerprint density at radius 3 is 2.37 bits per heavy atom. The standard InChI is InChI=1S/C13H29N3O2S/c1-5-14-10-7-11-15(4)19(17,18)16-12(2)8-6-9-13(16)3/h12-14H,5-11H2,1-4H3. The molecule has 0 amide bonds. The molecule has 0 bridgehead atoms. The summed E-state index contributed by atoms with van der Waals surface area (Å²) in [5.74, 6) is 0. The highest BCUT2D eigenvalue weighted by Gasteiger charge is 2.36. The second-order valence-electron chi connectivity index (χ2n) is 5.50. The molecule has 1 rings (SSSR count). The fourth-order valence-electron chi connectivity index (χ4n) is 2.73. The maximum Gasteiger partial charge on any atom is 0.282 e. The van der Waals surface area contributed by atoms with Gasteiger partial charge in [-0.15, -0.1) is 0 Å². The SMILES string of the molecule is CCNCCCN(C)S(=O)(=O)N1C(C)CCCC1C. The predicted molar refractivity (Wildman–Crippen MR) is 79.3 cm³/mol. The minimum atomic E-state index is -3.31. The number of nitrogens with zero attached hydrogens (tertiary/aromatic N) is 2. The van der Waals surface area contributed by atoms with Gasteiger partial charge in [0.15, 0.2) is 0 Å². The fourth-order valence-corrected chi connectivity index (χ4v) is 4.53. The molecule has 0 aromatic carbocycles. The van der Waals surface area contributed by atoms with Crippen LogP contribution in [0.3, 0.4) is 0 Å². The molecule has 19 heavy (non-hydrogen) atoms. The zero-order chi connectivity index (χ0) is 14.5. The molecular weight excluding hydrogens is 262 g/mol. The Labute approximate surface area is 118 Å². The number of hydrogen-bond donors (Lipinski definition) is 1. The Kier molecular flexibility index (Phi) is 6.73. The minimum absolute atomic E-state index is 0.116. The Morgan fingerprint density at radius 2 is 1.84 bits per heavy atom. The summed E-state index contributed by atoms with van der Waals surface area (Å²) in [5, 5.41) is 3.22. The normalized spacial score (nSPS) is 25.9. The number of nitrogens with one attached hydrogen (secondary N) is 1. The van der Waals surface area contributed by atoms with Crippen molar-refractivity contribution in [3.63, 3.8) is 0 Å². The summed E-state index contributed by atoms with van der Waals surface area (Å²) in [5.41, 5.74) is 0. The molecule has 1 aliphatic rings. The lowest BCUT2D eigenvalue weighted by molar-refractivity contribution is 0.191. The molecule has 1 heterocycles. The first-order chi connectivity index (χ1) is 8.91. The van der Waals surface area contributed by atoms with Crippen molar-refractivity contribution in [1.82, 2.24) is 13.9 Å². The van der Waals surface area contributed by atoms with Gasteiger partial charge in [0.05, 0.1) is 0 Å². The molecule has 2 unspecified atom stereocenters. The third-order valence-corrected chi connectivity index (χ3v) is 6.07. The summed E-state index contributed by atoms with van der Waals surface area (Å²) >= 11 is 0. The van der Waals surface area contributed by atoms with Crippen molar-refractivity contribution in [2.24, 2.45) is 0 Å². The second-order valence-corrected chi connectivity index (χ2v) is 7.44. The van der Waals surface area contributed by atoms with Crippen molar-refractivity contribution in [1.29, 1.82) is 0 Å². The van der Waals surface area contributed by atoms with Crippen LogP contribution in [0.4, 0.5) is 0 Å². The fraction of sp³-hybridized carbons (Fsp3) is 1.00. The molecule has 0 radical (unpaired) electrons. The molecule has 0 saturated carbocycles. The van der Waals surface area contributed by atoms with Crippen molar-refractivity contribution >= 4 is 10.2 Å². The van der Waals surface area contributed by atoms with E-state index in [-0.39, 0.29) is 12.1 Å². The van der Waals surface area contributed by atoms with Crippen LogP contribution in [-0.4, -0.2) is 55.8 Å². The van der Waals surface area contributed by atoms with Gasteiger partial charge in [-0.2, -0.15) is 17.0 Å². The van der Waals surface area contributed by atoms with E-state index in [0.717, 1.165) is 38.8 Å². The Balaban J connectivity index is 2.62.